The third-order valence-electron chi connectivity index (χ3n) is 2.28. The topological polar surface area (TPSA) is 63.3 Å². The number of oxazole rings is 1. The average molecular weight is 252 g/mol. The molecular formula is C12H10ClNO3. The van der Waals surface area contributed by atoms with Crippen LogP contribution in [0.15, 0.2) is 28.7 Å². The van der Waals surface area contributed by atoms with E-state index in [1.807, 2.05) is 12.1 Å². The first-order chi connectivity index (χ1) is 8.06. The molecule has 2 aromatic rings. The van der Waals surface area contributed by atoms with Crippen LogP contribution in [0.1, 0.15) is 27.7 Å². The highest BCUT2D eigenvalue weighted by Crippen LogP contribution is 2.17. The number of carboxylic acid groups (broad SMARTS) is 1. The zero-order valence-electron chi connectivity index (χ0n) is 9.11. The minimum atomic E-state index is -1.10. The van der Waals surface area contributed by atoms with Crippen LogP contribution in [0.3, 0.4) is 0 Å². The van der Waals surface area contributed by atoms with Gasteiger partial charge in [-0.1, -0.05) is 23.7 Å². The summed E-state index contributed by atoms with van der Waals surface area (Å²) in [4.78, 5) is 15.0. The highest BCUT2D eigenvalue weighted by molar-refractivity contribution is 6.30. The molecule has 17 heavy (non-hydrogen) atoms. The number of rotatable bonds is 3. The Morgan fingerprint density at radius 1 is 1.41 bits per heavy atom. The van der Waals surface area contributed by atoms with Crippen molar-refractivity contribution in [3.63, 3.8) is 0 Å². The maximum Gasteiger partial charge on any atom is 0.373 e. The van der Waals surface area contributed by atoms with Gasteiger partial charge < -0.3 is 9.52 Å². The lowest BCUT2D eigenvalue weighted by molar-refractivity contribution is 0.0659. The van der Waals surface area contributed by atoms with Gasteiger partial charge in [-0.05, 0) is 17.7 Å². The van der Waals surface area contributed by atoms with Crippen molar-refractivity contribution in [1.29, 1.82) is 0 Å². The van der Waals surface area contributed by atoms with E-state index < -0.39 is 5.97 Å². The number of aryl methyl sites for hydroxylation is 1. The number of carbonyl (C=O) groups is 1. The van der Waals surface area contributed by atoms with E-state index in [2.05, 4.69) is 4.98 Å². The van der Waals surface area contributed by atoms with E-state index in [4.69, 9.17) is 21.1 Å². The molecule has 0 saturated carbocycles. The van der Waals surface area contributed by atoms with E-state index in [-0.39, 0.29) is 5.76 Å². The van der Waals surface area contributed by atoms with Crippen LogP contribution in [-0.2, 0) is 6.42 Å². The van der Waals surface area contributed by atoms with Gasteiger partial charge in [-0.3, -0.25) is 0 Å². The van der Waals surface area contributed by atoms with E-state index >= 15 is 0 Å². The van der Waals surface area contributed by atoms with Crippen LogP contribution in [0.5, 0.6) is 0 Å². The molecule has 0 spiro atoms. The summed E-state index contributed by atoms with van der Waals surface area (Å²) in [7, 11) is 0. The van der Waals surface area contributed by atoms with Crippen molar-refractivity contribution in [1.82, 2.24) is 4.98 Å². The molecule has 4 nitrogen and oxygen atoms in total. The van der Waals surface area contributed by atoms with Gasteiger partial charge in [0.25, 0.3) is 0 Å². The lowest BCUT2D eigenvalue weighted by Crippen LogP contribution is -2.00. The van der Waals surface area contributed by atoms with Gasteiger partial charge in [0, 0.05) is 18.4 Å². The fourth-order valence-corrected chi connectivity index (χ4v) is 1.68. The van der Waals surface area contributed by atoms with Crippen molar-refractivity contribution in [3.05, 3.63) is 52.2 Å². The quantitative estimate of drug-likeness (QED) is 0.911. The number of aromatic nitrogens is 1. The third kappa shape index (κ3) is 2.65. The predicted molar refractivity (Wildman–Crippen MR) is 62.5 cm³/mol. The van der Waals surface area contributed by atoms with E-state index in [0.717, 1.165) is 5.56 Å². The zero-order chi connectivity index (χ0) is 12.4. The Labute approximate surface area is 103 Å². The van der Waals surface area contributed by atoms with Crippen LogP contribution in [0.4, 0.5) is 0 Å². The monoisotopic (exact) mass is 251 g/mol. The third-order valence-corrected chi connectivity index (χ3v) is 2.54. The Kier molecular flexibility index (Phi) is 3.15. The summed E-state index contributed by atoms with van der Waals surface area (Å²) in [6.07, 6.45) is 0.413. The Balaban J connectivity index is 2.29. The first kappa shape index (κ1) is 11.7. The van der Waals surface area contributed by atoms with Crippen LogP contribution in [0.25, 0.3) is 0 Å². The number of aromatic carboxylic acids is 1. The standard InChI is InChI=1S/C12H10ClNO3/c1-7-14-10(11(17-7)12(15)16)6-8-2-4-9(13)5-3-8/h2-5H,6H2,1H3,(H,15,16). The highest BCUT2D eigenvalue weighted by atomic mass is 35.5. The van der Waals surface area contributed by atoms with Gasteiger partial charge in [-0.2, -0.15) is 0 Å². The second-order valence-electron chi connectivity index (χ2n) is 3.62. The first-order valence-corrected chi connectivity index (χ1v) is 5.38. The average Bonchev–Trinajstić information content (AvgIpc) is 2.63. The van der Waals surface area contributed by atoms with Gasteiger partial charge in [0.15, 0.2) is 5.89 Å². The number of carboxylic acids is 1. The van der Waals surface area contributed by atoms with Gasteiger partial charge in [-0.15, -0.1) is 0 Å². The number of hydrogen-bond donors (Lipinski definition) is 1. The summed E-state index contributed by atoms with van der Waals surface area (Å²) in [5, 5.41) is 9.59. The molecule has 0 unspecified atom stereocenters. The predicted octanol–water partition coefficient (Wildman–Crippen LogP) is 2.93. The molecule has 2 rings (SSSR count). The smallest absolute Gasteiger partial charge is 0.373 e. The summed E-state index contributed by atoms with van der Waals surface area (Å²) in [6.45, 7) is 1.62. The van der Waals surface area contributed by atoms with Crippen LogP contribution in [0, 0.1) is 6.92 Å². The lowest BCUT2D eigenvalue weighted by Gasteiger charge is -1.99. The van der Waals surface area contributed by atoms with E-state index in [9.17, 15) is 4.79 Å². The molecule has 1 aromatic carbocycles. The molecule has 88 valence electrons. The van der Waals surface area contributed by atoms with Crippen LogP contribution >= 0.6 is 11.6 Å². The normalized spacial score (nSPS) is 10.5. The molecule has 0 radical (unpaired) electrons. The largest absolute Gasteiger partial charge is 0.475 e. The summed E-state index contributed by atoms with van der Waals surface area (Å²) in [5.74, 6) is -0.849. The van der Waals surface area contributed by atoms with Crippen molar-refractivity contribution < 1.29 is 14.3 Å². The molecule has 0 fully saturated rings. The molecule has 1 N–H and O–H groups in total. The van der Waals surface area contributed by atoms with Crippen molar-refractivity contribution in [2.24, 2.45) is 0 Å². The fourth-order valence-electron chi connectivity index (χ4n) is 1.55. The van der Waals surface area contributed by atoms with E-state index in [0.29, 0.717) is 23.0 Å². The zero-order valence-corrected chi connectivity index (χ0v) is 9.86. The second-order valence-corrected chi connectivity index (χ2v) is 4.05. The molecule has 0 amide bonds. The van der Waals surface area contributed by atoms with Gasteiger partial charge in [-0.25, -0.2) is 9.78 Å². The molecule has 1 aromatic heterocycles. The minimum absolute atomic E-state index is 0.0996. The lowest BCUT2D eigenvalue weighted by atomic mass is 10.1. The number of benzene rings is 1. The van der Waals surface area contributed by atoms with Crippen LogP contribution in [0.2, 0.25) is 5.02 Å². The van der Waals surface area contributed by atoms with Crippen molar-refractivity contribution in [3.8, 4) is 0 Å². The SMILES string of the molecule is Cc1nc(Cc2ccc(Cl)cc2)c(C(=O)O)o1. The second kappa shape index (κ2) is 4.59. The molecule has 0 bridgehead atoms. The van der Waals surface area contributed by atoms with Gasteiger partial charge in [0.1, 0.15) is 0 Å². The van der Waals surface area contributed by atoms with E-state index in [1.165, 1.54) is 0 Å². The van der Waals surface area contributed by atoms with Crippen molar-refractivity contribution >= 4 is 17.6 Å². The molecule has 0 aliphatic carbocycles. The highest BCUT2D eigenvalue weighted by Gasteiger charge is 2.17. The Bertz CT molecular complexity index is 545. The van der Waals surface area contributed by atoms with Crippen molar-refractivity contribution in [2.45, 2.75) is 13.3 Å². The van der Waals surface area contributed by atoms with E-state index in [1.54, 1.807) is 19.1 Å². The summed E-state index contributed by atoms with van der Waals surface area (Å²) in [5.41, 5.74) is 1.36. The Morgan fingerprint density at radius 3 is 2.65 bits per heavy atom. The van der Waals surface area contributed by atoms with Gasteiger partial charge in [0.05, 0.1) is 5.69 Å². The maximum absolute atomic E-state index is 10.9. The summed E-state index contributed by atoms with van der Waals surface area (Å²) in [6, 6.07) is 7.17. The molecule has 0 atom stereocenters. The van der Waals surface area contributed by atoms with Crippen molar-refractivity contribution in [2.75, 3.05) is 0 Å². The number of halogens is 1. The van der Waals surface area contributed by atoms with Gasteiger partial charge in [0.2, 0.25) is 5.76 Å². The molecular weight excluding hydrogens is 242 g/mol. The van der Waals surface area contributed by atoms with Crippen LogP contribution < -0.4 is 0 Å². The fraction of sp³-hybridized carbons (Fsp3) is 0.167. The minimum Gasteiger partial charge on any atom is -0.475 e. The molecule has 1 heterocycles. The summed E-state index contributed by atoms with van der Waals surface area (Å²) < 4.78 is 5.04. The Morgan fingerprint density at radius 2 is 2.06 bits per heavy atom. The van der Waals surface area contributed by atoms with Gasteiger partial charge >= 0.3 is 5.97 Å². The van der Waals surface area contributed by atoms with Crippen LogP contribution in [-0.4, -0.2) is 16.1 Å². The molecule has 0 saturated heterocycles. The summed E-state index contributed by atoms with van der Waals surface area (Å²) >= 11 is 5.77. The molecule has 0 aliphatic rings. The first-order valence-electron chi connectivity index (χ1n) is 5.00. The molecule has 5 heteroatoms. The Hall–Kier alpha value is -1.81. The number of nitrogens with zero attached hydrogens (tertiary/aromatic N) is 1. The number of hydrogen-bond acceptors (Lipinski definition) is 3. The molecule has 0 aliphatic heterocycles. The maximum atomic E-state index is 10.9.